The van der Waals surface area contributed by atoms with Gasteiger partial charge in [0, 0.05) is 24.0 Å². The van der Waals surface area contributed by atoms with E-state index in [4.69, 9.17) is 9.47 Å². The van der Waals surface area contributed by atoms with Gasteiger partial charge in [-0.2, -0.15) is 0 Å². The van der Waals surface area contributed by atoms with Crippen molar-refractivity contribution in [3.8, 4) is 5.75 Å². The second-order valence-electron chi connectivity index (χ2n) is 7.26. The molecular formula is C20H28N4O4S. The van der Waals surface area contributed by atoms with Gasteiger partial charge in [-0.1, -0.05) is 6.92 Å². The number of urea groups is 1. The minimum atomic E-state index is -0.623. The summed E-state index contributed by atoms with van der Waals surface area (Å²) >= 11 is 1.63. The summed E-state index contributed by atoms with van der Waals surface area (Å²) in [5, 5.41) is 11.3. The molecule has 0 aliphatic heterocycles. The Kier molecular flexibility index (Phi) is 7.83. The van der Waals surface area contributed by atoms with Crippen LogP contribution in [0.3, 0.4) is 0 Å². The summed E-state index contributed by atoms with van der Waals surface area (Å²) < 4.78 is 10.5. The molecule has 9 heteroatoms. The number of methoxy groups -OCH3 is 1. The number of nitrogens with one attached hydrogen (secondary N) is 3. The molecule has 0 aliphatic carbocycles. The third-order valence-electron chi connectivity index (χ3n) is 3.66. The van der Waals surface area contributed by atoms with Crippen LogP contribution >= 0.6 is 11.3 Å². The molecule has 3 N–H and O–H groups in total. The van der Waals surface area contributed by atoms with Gasteiger partial charge >= 0.3 is 12.1 Å². The van der Waals surface area contributed by atoms with Crippen LogP contribution < -0.4 is 20.7 Å². The minimum absolute atomic E-state index is 0.343. The molecule has 2 aromatic rings. The highest BCUT2D eigenvalue weighted by Crippen LogP contribution is 2.28. The molecule has 1 aromatic heterocycles. The lowest BCUT2D eigenvalue weighted by Gasteiger charge is -2.20. The van der Waals surface area contributed by atoms with E-state index in [1.165, 1.54) is 7.11 Å². The molecule has 0 saturated heterocycles. The van der Waals surface area contributed by atoms with Gasteiger partial charge in [-0.3, -0.25) is 5.32 Å². The monoisotopic (exact) mass is 420 g/mol. The zero-order valence-electron chi connectivity index (χ0n) is 17.4. The van der Waals surface area contributed by atoms with Gasteiger partial charge in [-0.15, -0.1) is 11.3 Å². The van der Waals surface area contributed by atoms with Gasteiger partial charge in [0.2, 0.25) is 0 Å². The fraction of sp³-hybridized carbons (Fsp3) is 0.450. The first-order valence-corrected chi connectivity index (χ1v) is 10.2. The van der Waals surface area contributed by atoms with E-state index in [0.29, 0.717) is 30.1 Å². The van der Waals surface area contributed by atoms with Gasteiger partial charge in [0.05, 0.1) is 23.5 Å². The number of aromatic nitrogens is 1. The molecule has 0 fully saturated rings. The average Bonchev–Trinajstić information content (AvgIpc) is 3.08. The Morgan fingerprint density at radius 2 is 1.97 bits per heavy atom. The molecule has 1 aromatic carbocycles. The Hall–Kier alpha value is -2.81. The number of rotatable bonds is 7. The molecule has 0 atom stereocenters. The van der Waals surface area contributed by atoms with Crippen molar-refractivity contribution >= 4 is 34.8 Å². The molecule has 2 rings (SSSR count). The van der Waals surface area contributed by atoms with Crippen molar-refractivity contribution in [2.24, 2.45) is 0 Å². The van der Waals surface area contributed by atoms with Crippen LogP contribution in [-0.2, 0) is 17.6 Å². The number of anilines is 2. The molecule has 0 radical (unpaired) electrons. The standard InChI is InChI=1S/C20H28N4O4S/c1-6-17-22-14(12-29-17)9-10-21-18(25)23-13-7-8-16(27-5)15(11-13)24-19(26)28-20(2,3)4/h7-8,11-12H,6,9-10H2,1-5H3,(H,24,26)(H2,21,23,25). The minimum Gasteiger partial charge on any atom is -0.495 e. The van der Waals surface area contributed by atoms with E-state index in [0.717, 1.165) is 17.1 Å². The summed E-state index contributed by atoms with van der Waals surface area (Å²) in [7, 11) is 1.50. The Labute approximate surface area is 175 Å². The van der Waals surface area contributed by atoms with Crippen molar-refractivity contribution in [1.82, 2.24) is 10.3 Å². The highest BCUT2D eigenvalue weighted by Gasteiger charge is 2.18. The van der Waals surface area contributed by atoms with Gasteiger partial charge in [0.15, 0.2) is 0 Å². The summed E-state index contributed by atoms with van der Waals surface area (Å²) in [6, 6.07) is 4.61. The van der Waals surface area contributed by atoms with E-state index in [2.05, 4.69) is 27.9 Å². The van der Waals surface area contributed by atoms with Crippen molar-refractivity contribution < 1.29 is 19.1 Å². The number of carbonyl (C=O) groups excluding carboxylic acids is 2. The predicted octanol–water partition coefficient (Wildman–Crippen LogP) is 4.43. The number of benzene rings is 1. The lowest BCUT2D eigenvalue weighted by atomic mass is 10.2. The number of nitrogens with zero attached hydrogens (tertiary/aromatic N) is 1. The van der Waals surface area contributed by atoms with E-state index in [-0.39, 0.29) is 6.03 Å². The summed E-state index contributed by atoms with van der Waals surface area (Å²) in [6.45, 7) is 7.87. The first-order valence-electron chi connectivity index (χ1n) is 9.36. The molecule has 158 valence electrons. The summed E-state index contributed by atoms with van der Waals surface area (Å²) in [6.07, 6.45) is 0.973. The number of ether oxygens (including phenoxy) is 2. The first-order chi connectivity index (χ1) is 13.7. The van der Waals surface area contributed by atoms with Crippen molar-refractivity contribution in [3.63, 3.8) is 0 Å². The third-order valence-corrected chi connectivity index (χ3v) is 4.70. The molecule has 0 saturated carbocycles. The van der Waals surface area contributed by atoms with Crippen LogP contribution in [0.1, 0.15) is 38.4 Å². The predicted molar refractivity (Wildman–Crippen MR) is 115 cm³/mol. The van der Waals surface area contributed by atoms with Crippen molar-refractivity contribution in [1.29, 1.82) is 0 Å². The molecule has 3 amide bonds. The largest absolute Gasteiger partial charge is 0.495 e. The van der Waals surface area contributed by atoms with E-state index in [9.17, 15) is 9.59 Å². The summed E-state index contributed by atoms with van der Waals surface area (Å²) in [5.74, 6) is 0.456. The molecule has 0 unspecified atom stereocenters. The summed E-state index contributed by atoms with van der Waals surface area (Å²) in [4.78, 5) is 28.7. The van der Waals surface area contributed by atoms with Gasteiger partial charge in [0.25, 0.3) is 0 Å². The Morgan fingerprint density at radius 1 is 1.21 bits per heavy atom. The van der Waals surface area contributed by atoms with Crippen molar-refractivity contribution in [3.05, 3.63) is 34.3 Å². The van der Waals surface area contributed by atoms with Gasteiger partial charge in [-0.25, -0.2) is 14.6 Å². The smallest absolute Gasteiger partial charge is 0.412 e. The SMILES string of the molecule is CCc1nc(CCNC(=O)Nc2ccc(OC)c(NC(=O)OC(C)(C)C)c2)cs1. The van der Waals surface area contributed by atoms with Crippen LogP contribution in [0, 0.1) is 0 Å². The average molecular weight is 421 g/mol. The maximum atomic E-state index is 12.2. The van der Waals surface area contributed by atoms with Gasteiger partial charge in [0.1, 0.15) is 11.4 Å². The topological polar surface area (TPSA) is 102 Å². The molecule has 0 bridgehead atoms. The molecular weight excluding hydrogens is 392 g/mol. The molecule has 29 heavy (non-hydrogen) atoms. The van der Waals surface area contributed by atoms with E-state index < -0.39 is 11.7 Å². The lowest BCUT2D eigenvalue weighted by molar-refractivity contribution is 0.0635. The van der Waals surface area contributed by atoms with E-state index >= 15 is 0 Å². The number of thiazole rings is 1. The zero-order valence-corrected chi connectivity index (χ0v) is 18.2. The fourth-order valence-corrected chi connectivity index (χ4v) is 3.18. The van der Waals surface area contributed by atoms with Crippen molar-refractivity contribution in [2.75, 3.05) is 24.3 Å². The molecule has 1 heterocycles. The number of amides is 3. The van der Waals surface area contributed by atoms with Crippen LogP contribution in [0.15, 0.2) is 23.6 Å². The van der Waals surface area contributed by atoms with E-state index in [1.54, 1.807) is 50.3 Å². The van der Waals surface area contributed by atoms with Crippen LogP contribution in [0.4, 0.5) is 21.0 Å². The zero-order chi connectivity index (χ0) is 21.4. The number of carbonyl (C=O) groups is 2. The highest BCUT2D eigenvalue weighted by molar-refractivity contribution is 7.09. The molecule has 8 nitrogen and oxygen atoms in total. The Bertz CT molecular complexity index is 845. The first kappa shape index (κ1) is 22.5. The van der Waals surface area contributed by atoms with Crippen LogP contribution in [0.5, 0.6) is 5.75 Å². The van der Waals surface area contributed by atoms with Crippen LogP contribution in [-0.4, -0.2) is 36.4 Å². The second-order valence-corrected chi connectivity index (χ2v) is 8.20. The Balaban J connectivity index is 1.92. The number of aryl methyl sites for hydroxylation is 1. The fourth-order valence-electron chi connectivity index (χ4n) is 2.40. The van der Waals surface area contributed by atoms with Crippen LogP contribution in [0.2, 0.25) is 0 Å². The highest BCUT2D eigenvalue weighted by atomic mass is 32.1. The third kappa shape index (κ3) is 7.61. The molecule has 0 aliphatic rings. The molecule has 0 spiro atoms. The normalized spacial score (nSPS) is 10.9. The second kappa shape index (κ2) is 10.1. The van der Waals surface area contributed by atoms with Gasteiger partial charge in [-0.05, 0) is 45.4 Å². The summed E-state index contributed by atoms with van der Waals surface area (Å²) in [5.41, 5.74) is 1.26. The number of hydrogen-bond donors (Lipinski definition) is 3. The quantitative estimate of drug-likeness (QED) is 0.615. The lowest BCUT2D eigenvalue weighted by Crippen LogP contribution is -2.30. The van der Waals surface area contributed by atoms with Crippen LogP contribution in [0.25, 0.3) is 0 Å². The Morgan fingerprint density at radius 3 is 2.59 bits per heavy atom. The van der Waals surface area contributed by atoms with E-state index in [1.807, 2.05) is 5.38 Å². The maximum absolute atomic E-state index is 12.2. The van der Waals surface area contributed by atoms with Gasteiger partial charge < -0.3 is 20.1 Å². The number of hydrogen-bond acceptors (Lipinski definition) is 6. The maximum Gasteiger partial charge on any atom is 0.412 e. The van der Waals surface area contributed by atoms with Crippen molar-refractivity contribution in [2.45, 2.75) is 46.1 Å².